The topological polar surface area (TPSA) is 0 Å². The van der Waals surface area contributed by atoms with Gasteiger partial charge in [0.2, 0.25) is 0 Å². The van der Waals surface area contributed by atoms with Crippen LogP contribution in [0.5, 0.6) is 0 Å². The molecule has 0 nitrogen and oxygen atoms in total. The Morgan fingerprint density at radius 1 is 0.381 bits per heavy atom. The molecule has 0 N–H and O–H groups in total. The predicted molar refractivity (Wildman–Crippen MR) is 101 cm³/mol. The van der Waals surface area contributed by atoms with E-state index < -0.39 is 0 Å². The van der Waals surface area contributed by atoms with E-state index in [0.717, 1.165) is 0 Å². The van der Waals surface area contributed by atoms with Gasteiger partial charge >= 0.3 is 147 Å². The van der Waals surface area contributed by atoms with Gasteiger partial charge in [-0.15, -0.1) is 0 Å². The van der Waals surface area contributed by atoms with Crippen LogP contribution in [0.1, 0.15) is 117 Å². The Morgan fingerprint density at radius 3 is 1.00 bits per heavy atom. The van der Waals surface area contributed by atoms with Crippen molar-refractivity contribution in [3.05, 3.63) is 0 Å². The van der Waals surface area contributed by atoms with Crippen molar-refractivity contribution in [2.24, 2.45) is 0 Å². The maximum atomic E-state index is 2.31. The summed E-state index contributed by atoms with van der Waals surface area (Å²) in [7, 11) is 0. The molecule has 0 aliphatic rings. The molecule has 126 valence electrons. The van der Waals surface area contributed by atoms with Gasteiger partial charge in [0.15, 0.2) is 0 Å². The minimum absolute atomic E-state index is 0.0556. The fourth-order valence-electron chi connectivity index (χ4n) is 2.89. The van der Waals surface area contributed by atoms with E-state index >= 15 is 0 Å². The van der Waals surface area contributed by atoms with Gasteiger partial charge < -0.3 is 0 Å². The molecule has 1 heteroatoms. The second-order valence-electron chi connectivity index (χ2n) is 6.70. The minimum atomic E-state index is 0.0556. The third-order valence-corrected chi connectivity index (χ3v) is 8.45. The Labute approximate surface area is 146 Å². The second-order valence-corrected chi connectivity index (χ2v) is 11.0. The van der Waals surface area contributed by atoms with Gasteiger partial charge in [-0.1, -0.05) is 0 Å². The quantitative estimate of drug-likeness (QED) is 0.162. The molecule has 0 saturated carbocycles. The summed E-state index contributed by atoms with van der Waals surface area (Å²) in [4.78, 5) is 0. The Balaban J connectivity index is 2.90. The standard InChI is InChI=1S/C12H25.C8H17.Sn/c1-3-5-7-9-11-12-10-8-6-4-2;1-3-5-7-8-6-4-2;/h1,3-12H2,2H3;1,3-8H2,2H3;. The van der Waals surface area contributed by atoms with Crippen molar-refractivity contribution in [1.82, 2.24) is 0 Å². The number of rotatable bonds is 18. The molecule has 0 aliphatic heterocycles. The zero-order chi connectivity index (χ0) is 15.4. The first-order valence-corrected chi connectivity index (χ1v) is 14.2. The molecule has 0 spiro atoms. The van der Waals surface area contributed by atoms with E-state index in [1.165, 1.54) is 89.9 Å². The summed E-state index contributed by atoms with van der Waals surface area (Å²) < 4.78 is 3.32. The molecule has 0 amide bonds. The van der Waals surface area contributed by atoms with Gasteiger partial charge in [-0.2, -0.15) is 0 Å². The molecule has 0 aliphatic carbocycles. The van der Waals surface area contributed by atoms with E-state index in [0.29, 0.717) is 0 Å². The van der Waals surface area contributed by atoms with E-state index in [9.17, 15) is 0 Å². The summed E-state index contributed by atoms with van der Waals surface area (Å²) in [5, 5.41) is 0. The van der Waals surface area contributed by atoms with E-state index in [4.69, 9.17) is 0 Å². The molecule has 0 heterocycles. The van der Waals surface area contributed by atoms with E-state index in [1.807, 2.05) is 0 Å². The summed E-state index contributed by atoms with van der Waals surface area (Å²) >= 11 is 0.0556. The average Bonchev–Trinajstić information content (AvgIpc) is 2.50. The van der Waals surface area contributed by atoms with Crippen molar-refractivity contribution < 1.29 is 0 Å². The summed E-state index contributed by atoms with van der Waals surface area (Å²) in [6.07, 6.45) is 23.8. The molecule has 0 saturated heterocycles. The van der Waals surface area contributed by atoms with Crippen LogP contribution in [-0.2, 0) is 0 Å². The predicted octanol–water partition coefficient (Wildman–Crippen LogP) is 7.81. The fraction of sp³-hybridized carbons (Fsp3) is 1.00. The number of unbranched alkanes of at least 4 members (excludes halogenated alkanes) is 14. The third kappa shape index (κ3) is 20.8. The van der Waals surface area contributed by atoms with Gasteiger partial charge in [-0.3, -0.25) is 0 Å². The second kappa shape index (κ2) is 20.8. The monoisotopic (exact) mass is 402 g/mol. The zero-order valence-corrected chi connectivity index (χ0v) is 18.1. The summed E-state index contributed by atoms with van der Waals surface area (Å²) in [5.74, 6) is 0. The fourth-order valence-corrected chi connectivity index (χ4v) is 6.46. The van der Waals surface area contributed by atoms with Crippen LogP contribution < -0.4 is 0 Å². The van der Waals surface area contributed by atoms with Crippen molar-refractivity contribution in [2.45, 2.75) is 125 Å². The van der Waals surface area contributed by atoms with Crippen molar-refractivity contribution >= 4 is 21.1 Å². The molecule has 0 bridgehead atoms. The average molecular weight is 401 g/mol. The van der Waals surface area contributed by atoms with E-state index in [-0.39, 0.29) is 21.1 Å². The first-order valence-electron chi connectivity index (χ1n) is 10.1. The van der Waals surface area contributed by atoms with Crippen LogP contribution in [0.25, 0.3) is 0 Å². The molecule has 0 aromatic heterocycles. The van der Waals surface area contributed by atoms with Crippen LogP contribution >= 0.6 is 0 Å². The normalized spacial score (nSPS) is 11.1. The van der Waals surface area contributed by atoms with Gasteiger partial charge in [0.25, 0.3) is 0 Å². The first kappa shape index (κ1) is 21.8. The van der Waals surface area contributed by atoms with Crippen LogP contribution in [-0.4, -0.2) is 21.1 Å². The summed E-state index contributed by atoms with van der Waals surface area (Å²) in [6, 6.07) is 0. The summed E-state index contributed by atoms with van der Waals surface area (Å²) in [5.41, 5.74) is 0. The van der Waals surface area contributed by atoms with Gasteiger partial charge in [0.05, 0.1) is 0 Å². The van der Waals surface area contributed by atoms with Crippen LogP contribution in [0, 0.1) is 0 Å². The van der Waals surface area contributed by atoms with Crippen molar-refractivity contribution in [2.75, 3.05) is 0 Å². The van der Waals surface area contributed by atoms with Crippen LogP contribution in [0.3, 0.4) is 0 Å². The Hall–Kier alpha value is 0.799. The molecule has 0 aromatic rings. The molecular formula is C20H42Sn. The van der Waals surface area contributed by atoms with Gasteiger partial charge in [0.1, 0.15) is 0 Å². The molecule has 0 unspecified atom stereocenters. The molecule has 2 radical (unpaired) electrons. The zero-order valence-electron chi connectivity index (χ0n) is 15.2. The van der Waals surface area contributed by atoms with Crippen LogP contribution in [0.15, 0.2) is 0 Å². The molecule has 0 atom stereocenters. The maximum absolute atomic E-state index is 2.31. The molecule has 0 aromatic carbocycles. The van der Waals surface area contributed by atoms with Crippen LogP contribution in [0.2, 0.25) is 8.87 Å². The van der Waals surface area contributed by atoms with Crippen molar-refractivity contribution in [3.63, 3.8) is 0 Å². The molecule has 21 heavy (non-hydrogen) atoms. The molecular weight excluding hydrogens is 359 g/mol. The Kier molecular flexibility index (Phi) is 21.6. The molecule has 0 rings (SSSR count). The van der Waals surface area contributed by atoms with Crippen molar-refractivity contribution in [1.29, 1.82) is 0 Å². The first-order chi connectivity index (χ1) is 10.4. The number of hydrogen-bond acceptors (Lipinski definition) is 0. The SMILES string of the molecule is CCCCCCCCCCC[CH2][Sn][CH2]CCCCCCC. The summed E-state index contributed by atoms with van der Waals surface area (Å²) in [6.45, 7) is 4.61. The Morgan fingerprint density at radius 2 is 0.667 bits per heavy atom. The van der Waals surface area contributed by atoms with E-state index in [2.05, 4.69) is 13.8 Å². The van der Waals surface area contributed by atoms with Crippen molar-refractivity contribution in [3.8, 4) is 0 Å². The molecule has 0 fully saturated rings. The van der Waals surface area contributed by atoms with Crippen LogP contribution in [0.4, 0.5) is 0 Å². The van der Waals surface area contributed by atoms with Gasteiger partial charge in [-0.05, 0) is 0 Å². The number of hydrogen-bond donors (Lipinski definition) is 0. The van der Waals surface area contributed by atoms with E-state index in [1.54, 1.807) is 21.7 Å². The van der Waals surface area contributed by atoms with Gasteiger partial charge in [-0.25, -0.2) is 0 Å². The third-order valence-electron chi connectivity index (χ3n) is 4.41. The Bertz CT molecular complexity index is 149. The van der Waals surface area contributed by atoms with Gasteiger partial charge in [0, 0.05) is 0 Å².